The van der Waals surface area contributed by atoms with E-state index in [0.717, 1.165) is 23.7 Å². The van der Waals surface area contributed by atoms with Crippen LogP contribution in [0, 0.1) is 0 Å². The van der Waals surface area contributed by atoms with Crippen LogP contribution in [0.4, 0.5) is 4.39 Å². The van der Waals surface area contributed by atoms with E-state index in [0.29, 0.717) is 0 Å². The Kier molecular flexibility index (Phi) is 5.53. The van der Waals surface area contributed by atoms with Gasteiger partial charge in [0.1, 0.15) is 6.67 Å². The van der Waals surface area contributed by atoms with Gasteiger partial charge in [-0.3, -0.25) is 0 Å². The molecule has 0 aromatic heterocycles. The Bertz CT molecular complexity index is 280. The zero-order valence-corrected chi connectivity index (χ0v) is 9.63. The number of alkyl halides is 2. The van der Waals surface area contributed by atoms with Crippen LogP contribution < -0.4 is 0 Å². The highest BCUT2D eigenvalue weighted by molar-refractivity contribution is 9.09. The minimum atomic E-state index is -0.335. The molecule has 0 saturated carbocycles. The monoisotopic (exact) mass is 256 g/mol. The van der Waals surface area contributed by atoms with Gasteiger partial charge in [-0.2, -0.15) is 0 Å². The standard InChI is InChI=1S/C12H14BrF/c13-9-8-12(10-14)7-6-11-4-2-1-3-5-11/h1-5,8H,6-7,9-10H2/b12-8-. The number of hydrogen-bond donors (Lipinski definition) is 0. The summed E-state index contributed by atoms with van der Waals surface area (Å²) in [6.45, 7) is -0.335. The normalized spacial score (nSPS) is 11.7. The number of benzene rings is 1. The second kappa shape index (κ2) is 6.77. The number of halogens is 2. The van der Waals surface area contributed by atoms with Crippen LogP contribution in [0.2, 0.25) is 0 Å². The van der Waals surface area contributed by atoms with E-state index >= 15 is 0 Å². The van der Waals surface area contributed by atoms with Crippen molar-refractivity contribution in [1.82, 2.24) is 0 Å². The Morgan fingerprint density at radius 1 is 1.29 bits per heavy atom. The van der Waals surface area contributed by atoms with E-state index in [1.165, 1.54) is 5.56 Å². The second-order valence-corrected chi connectivity index (χ2v) is 3.78. The number of hydrogen-bond acceptors (Lipinski definition) is 0. The van der Waals surface area contributed by atoms with Gasteiger partial charge in [-0.25, -0.2) is 4.39 Å². The van der Waals surface area contributed by atoms with E-state index in [9.17, 15) is 4.39 Å². The maximum atomic E-state index is 12.5. The fourth-order valence-electron chi connectivity index (χ4n) is 1.28. The number of rotatable bonds is 5. The van der Waals surface area contributed by atoms with Crippen LogP contribution in [0.25, 0.3) is 0 Å². The SMILES string of the molecule is FC/C(=C\CBr)CCc1ccccc1. The van der Waals surface area contributed by atoms with Crippen LogP contribution in [-0.2, 0) is 6.42 Å². The molecule has 0 aliphatic carbocycles. The zero-order chi connectivity index (χ0) is 10.2. The molecule has 0 unspecified atom stereocenters. The van der Waals surface area contributed by atoms with E-state index < -0.39 is 0 Å². The first-order chi connectivity index (χ1) is 6.86. The minimum Gasteiger partial charge on any atom is -0.246 e. The summed E-state index contributed by atoms with van der Waals surface area (Å²) in [6.07, 6.45) is 3.64. The van der Waals surface area contributed by atoms with Gasteiger partial charge in [0.15, 0.2) is 0 Å². The third-order valence-electron chi connectivity index (χ3n) is 2.12. The molecule has 2 heteroatoms. The van der Waals surface area contributed by atoms with Gasteiger partial charge in [0.25, 0.3) is 0 Å². The fourth-order valence-corrected chi connectivity index (χ4v) is 1.74. The van der Waals surface area contributed by atoms with E-state index in [4.69, 9.17) is 0 Å². The predicted molar refractivity (Wildman–Crippen MR) is 62.6 cm³/mol. The Hall–Kier alpha value is -0.630. The molecule has 0 atom stereocenters. The minimum absolute atomic E-state index is 0.335. The lowest BCUT2D eigenvalue weighted by atomic mass is 10.1. The van der Waals surface area contributed by atoms with Crippen LogP contribution in [0.1, 0.15) is 12.0 Å². The van der Waals surface area contributed by atoms with Gasteiger partial charge in [0.2, 0.25) is 0 Å². The highest BCUT2D eigenvalue weighted by Crippen LogP contribution is 2.10. The van der Waals surface area contributed by atoms with Gasteiger partial charge in [-0.15, -0.1) is 0 Å². The topological polar surface area (TPSA) is 0 Å². The predicted octanol–water partition coefficient (Wildman–Crippen LogP) is 3.91. The average molecular weight is 257 g/mol. The van der Waals surface area contributed by atoms with Gasteiger partial charge in [-0.05, 0) is 24.0 Å². The molecule has 0 radical (unpaired) electrons. The summed E-state index contributed by atoms with van der Waals surface area (Å²) < 4.78 is 12.5. The maximum absolute atomic E-state index is 12.5. The van der Waals surface area contributed by atoms with E-state index in [2.05, 4.69) is 28.1 Å². The fraction of sp³-hybridized carbons (Fsp3) is 0.333. The first kappa shape index (κ1) is 11.4. The molecule has 14 heavy (non-hydrogen) atoms. The quantitative estimate of drug-likeness (QED) is 0.554. The van der Waals surface area contributed by atoms with Crippen molar-refractivity contribution in [3.8, 4) is 0 Å². The highest BCUT2D eigenvalue weighted by Gasteiger charge is 1.97. The Morgan fingerprint density at radius 2 is 2.00 bits per heavy atom. The van der Waals surface area contributed by atoms with Gasteiger partial charge >= 0.3 is 0 Å². The van der Waals surface area contributed by atoms with Crippen molar-refractivity contribution < 1.29 is 4.39 Å². The third kappa shape index (κ3) is 4.05. The summed E-state index contributed by atoms with van der Waals surface area (Å²) in [5.74, 6) is 0. The molecule has 0 saturated heterocycles. The highest BCUT2D eigenvalue weighted by atomic mass is 79.9. The molecule has 0 amide bonds. The number of aryl methyl sites for hydroxylation is 1. The van der Waals surface area contributed by atoms with E-state index in [1.54, 1.807) is 0 Å². The summed E-state index contributed by atoms with van der Waals surface area (Å²) in [7, 11) is 0. The molecule has 1 rings (SSSR count). The van der Waals surface area contributed by atoms with Crippen molar-refractivity contribution in [3.63, 3.8) is 0 Å². The van der Waals surface area contributed by atoms with E-state index in [1.807, 2.05) is 24.3 Å². The molecule has 0 aliphatic rings. The summed E-state index contributed by atoms with van der Waals surface area (Å²) in [6, 6.07) is 10.2. The summed E-state index contributed by atoms with van der Waals surface area (Å²) in [5.41, 5.74) is 2.15. The molecule has 1 aromatic rings. The van der Waals surface area contributed by atoms with Crippen molar-refractivity contribution in [2.75, 3.05) is 12.0 Å². The smallest absolute Gasteiger partial charge is 0.111 e. The lowest BCUT2D eigenvalue weighted by Crippen LogP contribution is -1.91. The molecular formula is C12H14BrF. The van der Waals surface area contributed by atoms with Crippen molar-refractivity contribution in [1.29, 1.82) is 0 Å². The van der Waals surface area contributed by atoms with Gasteiger partial charge in [0.05, 0.1) is 0 Å². The Morgan fingerprint density at radius 3 is 2.57 bits per heavy atom. The summed E-state index contributed by atoms with van der Waals surface area (Å²) in [4.78, 5) is 0. The maximum Gasteiger partial charge on any atom is 0.111 e. The molecule has 76 valence electrons. The first-order valence-corrected chi connectivity index (χ1v) is 5.82. The van der Waals surface area contributed by atoms with Gasteiger partial charge in [0, 0.05) is 5.33 Å². The lowest BCUT2D eigenvalue weighted by molar-refractivity contribution is 0.530. The molecule has 0 fully saturated rings. The van der Waals surface area contributed by atoms with Gasteiger partial charge < -0.3 is 0 Å². The second-order valence-electron chi connectivity index (χ2n) is 3.14. The largest absolute Gasteiger partial charge is 0.246 e. The number of allylic oxidation sites excluding steroid dienone is 2. The molecular weight excluding hydrogens is 243 g/mol. The molecule has 0 N–H and O–H groups in total. The molecule has 0 nitrogen and oxygen atoms in total. The van der Waals surface area contributed by atoms with Crippen molar-refractivity contribution >= 4 is 15.9 Å². The molecule has 0 heterocycles. The van der Waals surface area contributed by atoms with Crippen LogP contribution in [-0.4, -0.2) is 12.0 Å². The lowest BCUT2D eigenvalue weighted by Gasteiger charge is -2.02. The van der Waals surface area contributed by atoms with Crippen molar-refractivity contribution in [2.24, 2.45) is 0 Å². The molecule has 0 aliphatic heterocycles. The van der Waals surface area contributed by atoms with E-state index in [-0.39, 0.29) is 6.67 Å². The molecule has 1 aromatic carbocycles. The summed E-state index contributed by atoms with van der Waals surface area (Å²) >= 11 is 3.27. The van der Waals surface area contributed by atoms with Crippen molar-refractivity contribution in [2.45, 2.75) is 12.8 Å². The van der Waals surface area contributed by atoms with Crippen LogP contribution in [0.15, 0.2) is 42.0 Å². The molecule has 0 bridgehead atoms. The summed E-state index contributed by atoms with van der Waals surface area (Å²) in [5, 5.41) is 0.737. The first-order valence-electron chi connectivity index (χ1n) is 4.70. The average Bonchev–Trinajstić information content (AvgIpc) is 2.25. The van der Waals surface area contributed by atoms with Crippen LogP contribution in [0.5, 0.6) is 0 Å². The third-order valence-corrected chi connectivity index (χ3v) is 2.44. The van der Waals surface area contributed by atoms with Crippen LogP contribution in [0.3, 0.4) is 0 Å². The Labute approximate surface area is 93.0 Å². The van der Waals surface area contributed by atoms with Crippen LogP contribution >= 0.6 is 15.9 Å². The van der Waals surface area contributed by atoms with Gasteiger partial charge in [-0.1, -0.05) is 52.3 Å². The Balaban J connectivity index is 2.44. The van der Waals surface area contributed by atoms with Crippen molar-refractivity contribution in [3.05, 3.63) is 47.5 Å². The molecule has 0 spiro atoms. The zero-order valence-electron chi connectivity index (χ0n) is 8.05.